The van der Waals surface area contributed by atoms with Crippen molar-refractivity contribution in [1.29, 1.82) is 0 Å². The van der Waals surface area contributed by atoms with Crippen molar-refractivity contribution in [3.8, 4) is 5.75 Å². The van der Waals surface area contributed by atoms with Gasteiger partial charge in [-0.2, -0.15) is 5.10 Å². The standard InChI is InChI=1S/C15H15BrN2O3/c1-9-6-13(10(2)21-9)15(19)18-17-8-11-7-12(16)4-5-14(11)20-3/h4-8H,1-3H3,(H,18,19)/b17-8+. The number of hydrogen-bond donors (Lipinski definition) is 1. The molecule has 1 N–H and O–H groups in total. The average Bonchev–Trinajstić information content (AvgIpc) is 2.78. The molecule has 0 spiro atoms. The first-order valence-electron chi connectivity index (χ1n) is 6.25. The van der Waals surface area contributed by atoms with E-state index in [1.165, 1.54) is 6.21 Å². The maximum absolute atomic E-state index is 12.0. The normalized spacial score (nSPS) is 10.9. The molecule has 6 heteroatoms. The number of nitrogens with zero attached hydrogens (tertiary/aromatic N) is 1. The van der Waals surface area contributed by atoms with Crippen molar-refractivity contribution >= 4 is 28.1 Å². The molecular weight excluding hydrogens is 336 g/mol. The number of carbonyl (C=O) groups is 1. The SMILES string of the molecule is COc1ccc(Br)cc1/C=N/NC(=O)c1cc(C)oc1C. The van der Waals surface area contributed by atoms with Gasteiger partial charge in [0.25, 0.3) is 5.91 Å². The predicted molar refractivity (Wildman–Crippen MR) is 83.9 cm³/mol. The number of hydrogen-bond acceptors (Lipinski definition) is 4. The van der Waals surface area contributed by atoms with Gasteiger partial charge in [0.2, 0.25) is 0 Å². The van der Waals surface area contributed by atoms with Gasteiger partial charge in [-0.1, -0.05) is 15.9 Å². The molecule has 0 fully saturated rings. The summed E-state index contributed by atoms with van der Waals surface area (Å²) < 4.78 is 11.4. The molecule has 0 saturated carbocycles. The van der Waals surface area contributed by atoms with Crippen LogP contribution in [0.15, 0.2) is 38.3 Å². The second-order valence-corrected chi connectivity index (χ2v) is 5.33. The Kier molecular flexibility index (Phi) is 4.80. The molecule has 1 amide bonds. The van der Waals surface area contributed by atoms with E-state index in [2.05, 4.69) is 26.5 Å². The smallest absolute Gasteiger partial charge is 0.274 e. The predicted octanol–water partition coefficient (Wildman–Crippen LogP) is 3.43. The molecule has 0 aliphatic rings. The van der Waals surface area contributed by atoms with Gasteiger partial charge in [-0.3, -0.25) is 4.79 Å². The van der Waals surface area contributed by atoms with Crippen molar-refractivity contribution in [2.24, 2.45) is 5.10 Å². The van der Waals surface area contributed by atoms with E-state index in [0.717, 1.165) is 10.0 Å². The fourth-order valence-corrected chi connectivity index (χ4v) is 2.26. The minimum Gasteiger partial charge on any atom is -0.496 e. The Bertz CT molecular complexity index is 692. The van der Waals surface area contributed by atoms with Crippen LogP contribution >= 0.6 is 15.9 Å². The Morgan fingerprint density at radius 2 is 2.14 bits per heavy atom. The van der Waals surface area contributed by atoms with Gasteiger partial charge in [-0.25, -0.2) is 5.43 Å². The lowest BCUT2D eigenvalue weighted by molar-refractivity contribution is 0.0953. The highest BCUT2D eigenvalue weighted by Crippen LogP contribution is 2.21. The van der Waals surface area contributed by atoms with E-state index in [9.17, 15) is 4.79 Å². The lowest BCUT2D eigenvalue weighted by atomic mass is 10.2. The number of benzene rings is 1. The zero-order valence-electron chi connectivity index (χ0n) is 11.9. The van der Waals surface area contributed by atoms with Crippen molar-refractivity contribution < 1.29 is 13.9 Å². The Hall–Kier alpha value is -2.08. The van der Waals surface area contributed by atoms with Gasteiger partial charge in [0.15, 0.2) is 0 Å². The summed E-state index contributed by atoms with van der Waals surface area (Å²) >= 11 is 3.38. The van der Waals surface area contributed by atoms with Crippen LogP contribution in [0.3, 0.4) is 0 Å². The molecule has 0 aliphatic carbocycles. The van der Waals surface area contributed by atoms with Gasteiger partial charge in [0.1, 0.15) is 17.3 Å². The first kappa shape index (κ1) is 15.3. The van der Waals surface area contributed by atoms with E-state index < -0.39 is 0 Å². The van der Waals surface area contributed by atoms with Gasteiger partial charge < -0.3 is 9.15 Å². The van der Waals surface area contributed by atoms with Crippen molar-refractivity contribution in [2.75, 3.05) is 7.11 Å². The van der Waals surface area contributed by atoms with Crippen LogP contribution in [0, 0.1) is 13.8 Å². The number of halogens is 1. The van der Waals surface area contributed by atoms with Crippen molar-refractivity contribution in [2.45, 2.75) is 13.8 Å². The van der Waals surface area contributed by atoms with Crippen LogP contribution in [0.2, 0.25) is 0 Å². The summed E-state index contributed by atoms with van der Waals surface area (Å²) in [5.41, 5.74) is 3.71. The fourth-order valence-electron chi connectivity index (χ4n) is 1.88. The Balaban J connectivity index is 2.11. The number of ether oxygens (including phenoxy) is 1. The molecule has 21 heavy (non-hydrogen) atoms. The Labute approximate surface area is 131 Å². The number of hydrazone groups is 1. The van der Waals surface area contributed by atoms with E-state index in [1.54, 1.807) is 27.0 Å². The third-order valence-electron chi connectivity index (χ3n) is 2.85. The first-order chi connectivity index (χ1) is 10.0. The van der Waals surface area contributed by atoms with Crippen LogP contribution in [0.25, 0.3) is 0 Å². The molecule has 2 aromatic rings. The van der Waals surface area contributed by atoms with Gasteiger partial charge in [-0.15, -0.1) is 0 Å². The Morgan fingerprint density at radius 3 is 2.76 bits per heavy atom. The number of nitrogens with one attached hydrogen (secondary N) is 1. The number of amides is 1. The lowest BCUT2D eigenvalue weighted by Crippen LogP contribution is -2.17. The van der Waals surface area contributed by atoms with E-state index >= 15 is 0 Å². The number of aryl methyl sites for hydroxylation is 2. The minimum atomic E-state index is -0.311. The number of carbonyl (C=O) groups excluding carboxylic acids is 1. The average molecular weight is 351 g/mol. The van der Waals surface area contributed by atoms with Gasteiger partial charge in [-0.05, 0) is 38.1 Å². The molecule has 0 radical (unpaired) electrons. The summed E-state index contributed by atoms with van der Waals surface area (Å²) in [4.78, 5) is 12.0. The number of furan rings is 1. The van der Waals surface area contributed by atoms with Crippen LogP contribution in [-0.2, 0) is 0 Å². The first-order valence-corrected chi connectivity index (χ1v) is 7.04. The second kappa shape index (κ2) is 6.58. The van der Waals surface area contributed by atoms with Gasteiger partial charge in [0, 0.05) is 10.0 Å². The van der Waals surface area contributed by atoms with Crippen molar-refractivity contribution in [1.82, 2.24) is 5.43 Å². The third-order valence-corrected chi connectivity index (χ3v) is 3.34. The zero-order chi connectivity index (χ0) is 15.4. The Morgan fingerprint density at radius 1 is 1.38 bits per heavy atom. The summed E-state index contributed by atoms with van der Waals surface area (Å²) in [7, 11) is 1.58. The highest BCUT2D eigenvalue weighted by Gasteiger charge is 2.12. The van der Waals surface area contributed by atoms with Gasteiger partial charge in [0.05, 0.1) is 18.9 Å². The molecule has 1 aromatic carbocycles. The molecule has 1 aromatic heterocycles. The molecule has 110 valence electrons. The second-order valence-electron chi connectivity index (χ2n) is 4.41. The summed E-state index contributed by atoms with van der Waals surface area (Å²) in [6.07, 6.45) is 1.53. The summed E-state index contributed by atoms with van der Waals surface area (Å²) in [5, 5.41) is 3.95. The maximum atomic E-state index is 12.0. The van der Waals surface area contributed by atoms with Crippen LogP contribution in [0.5, 0.6) is 5.75 Å². The van der Waals surface area contributed by atoms with Crippen LogP contribution in [0.4, 0.5) is 0 Å². The molecule has 0 atom stereocenters. The van der Waals surface area contributed by atoms with E-state index in [4.69, 9.17) is 9.15 Å². The van der Waals surface area contributed by atoms with E-state index in [0.29, 0.717) is 22.8 Å². The zero-order valence-corrected chi connectivity index (χ0v) is 13.5. The quantitative estimate of drug-likeness (QED) is 0.678. The minimum absolute atomic E-state index is 0.311. The molecule has 2 rings (SSSR count). The fraction of sp³-hybridized carbons (Fsp3) is 0.200. The summed E-state index contributed by atoms with van der Waals surface area (Å²) in [6.45, 7) is 3.53. The van der Waals surface area contributed by atoms with Crippen LogP contribution in [0.1, 0.15) is 27.4 Å². The molecule has 0 saturated heterocycles. The van der Waals surface area contributed by atoms with Crippen LogP contribution < -0.4 is 10.2 Å². The van der Waals surface area contributed by atoms with Crippen molar-refractivity contribution in [3.05, 3.63) is 51.4 Å². The number of methoxy groups -OCH3 is 1. The summed E-state index contributed by atoms with van der Waals surface area (Å²) in [6, 6.07) is 7.21. The molecule has 5 nitrogen and oxygen atoms in total. The lowest BCUT2D eigenvalue weighted by Gasteiger charge is -2.04. The van der Waals surface area contributed by atoms with Gasteiger partial charge >= 0.3 is 0 Å². The monoisotopic (exact) mass is 350 g/mol. The third kappa shape index (κ3) is 3.72. The van der Waals surface area contributed by atoms with Crippen LogP contribution in [-0.4, -0.2) is 19.2 Å². The number of rotatable bonds is 4. The highest BCUT2D eigenvalue weighted by atomic mass is 79.9. The summed E-state index contributed by atoms with van der Waals surface area (Å²) in [5.74, 6) is 1.62. The topological polar surface area (TPSA) is 63.8 Å². The van der Waals surface area contributed by atoms with E-state index in [1.807, 2.05) is 18.2 Å². The molecule has 0 bridgehead atoms. The molecule has 0 unspecified atom stereocenters. The molecule has 1 heterocycles. The maximum Gasteiger partial charge on any atom is 0.274 e. The molecular formula is C15H15BrN2O3. The highest BCUT2D eigenvalue weighted by molar-refractivity contribution is 9.10. The largest absolute Gasteiger partial charge is 0.496 e. The van der Waals surface area contributed by atoms with E-state index in [-0.39, 0.29) is 5.91 Å². The van der Waals surface area contributed by atoms with Crippen molar-refractivity contribution in [3.63, 3.8) is 0 Å². The molecule has 0 aliphatic heterocycles.